The molecule has 1 aromatic carbocycles. The number of fused-ring (bicyclic) bond motifs is 2. The van der Waals surface area contributed by atoms with E-state index in [0.717, 1.165) is 0 Å². The van der Waals surface area contributed by atoms with Crippen molar-refractivity contribution >= 4 is 21.8 Å². The van der Waals surface area contributed by atoms with Gasteiger partial charge in [0.05, 0.1) is 33.3 Å². The van der Waals surface area contributed by atoms with Crippen molar-refractivity contribution in [2.24, 2.45) is 0 Å². The van der Waals surface area contributed by atoms with Crippen molar-refractivity contribution in [1.82, 2.24) is 15.0 Å². The molecule has 0 saturated carbocycles. The number of ether oxygens (including phenoxy) is 3. The summed E-state index contributed by atoms with van der Waals surface area (Å²) in [5.74, 6) is 1.17. The third kappa shape index (κ3) is 4.29. The maximum absolute atomic E-state index is 12.8. The van der Waals surface area contributed by atoms with E-state index in [2.05, 4.69) is 15.0 Å². The highest BCUT2D eigenvalue weighted by Gasteiger charge is 2.29. The zero-order valence-electron chi connectivity index (χ0n) is 15.2. The summed E-state index contributed by atoms with van der Waals surface area (Å²) in [6, 6.07) is 4.78. The van der Waals surface area contributed by atoms with Crippen LogP contribution in [0.2, 0.25) is 0 Å². The molecule has 11 heteroatoms. The summed E-state index contributed by atoms with van der Waals surface area (Å²) < 4.78 is 65.8. The predicted octanol–water partition coefficient (Wildman–Crippen LogP) is 3.29. The van der Waals surface area contributed by atoms with Crippen LogP contribution in [0.15, 0.2) is 29.6 Å². The number of aromatic nitrogens is 3. The van der Waals surface area contributed by atoms with Gasteiger partial charge in [-0.25, -0.2) is 4.98 Å². The third-order valence-corrected chi connectivity index (χ3v) is 5.42. The van der Waals surface area contributed by atoms with Crippen molar-refractivity contribution < 1.29 is 31.6 Å². The first kappa shape index (κ1) is 19.5. The molecule has 7 nitrogen and oxygen atoms in total. The van der Waals surface area contributed by atoms with Crippen molar-refractivity contribution in [3.8, 4) is 17.2 Å². The van der Waals surface area contributed by atoms with Crippen molar-refractivity contribution in [1.29, 1.82) is 0 Å². The number of aromatic amines is 1. The molecule has 1 aliphatic heterocycles. The SMILES string of the molecule is Cc1c(OCC(F)(F)F)ccnc1CS(=O)c1nc2cc3c(cc2[nH]1)OCCO3. The largest absolute Gasteiger partial charge is 0.486 e. The number of hydrogen-bond donors (Lipinski definition) is 1. The number of rotatable bonds is 5. The lowest BCUT2D eigenvalue weighted by Gasteiger charge is -2.17. The molecule has 1 atom stereocenters. The Kier molecular flexibility index (Phi) is 5.07. The topological polar surface area (TPSA) is 86.3 Å². The van der Waals surface area contributed by atoms with Crippen molar-refractivity contribution in [2.45, 2.75) is 24.0 Å². The van der Waals surface area contributed by atoms with E-state index in [0.29, 0.717) is 47.0 Å². The molecule has 3 aromatic rings. The number of benzene rings is 1. The summed E-state index contributed by atoms with van der Waals surface area (Å²) in [6.07, 6.45) is -3.12. The number of halogens is 3. The first-order chi connectivity index (χ1) is 13.8. The number of imidazole rings is 1. The minimum Gasteiger partial charge on any atom is -0.486 e. The lowest BCUT2D eigenvalue weighted by molar-refractivity contribution is -0.153. The van der Waals surface area contributed by atoms with E-state index < -0.39 is 23.6 Å². The molecular formula is C18H16F3N3O4S. The Labute approximate surface area is 165 Å². The van der Waals surface area contributed by atoms with Gasteiger partial charge in [-0.2, -0.15) is 13.2 Å². The second-order valence-electron chi connectivity index (χ2n) is 6.33. The van der Waals surface area contributed by atoms with Gasteiger partial charge in [-0.3, -0.25) is 9.19 Å². The van der Waals surface area contributed by atoms with Crippen LogP contribution in [0.4, 0.5) is 13.2 Å². The maximum Gasteiger partial charge on any atom is 0.422 e. The second kappa shape index (κ2) is 7.54. The Hall–Kier alpha value is -2.82. The Bertz CT molecular complexity index is 1040. The molecule has 0 saturated heterocycles. The monoisotopic (exact) mass is 427 g/mol. The van der Waals surface area contributed by atoms with Gasteiger partial charge in [0, 0.05) is 23.9 Å². The zero-order valence-corrected chi connectivity index (χ0v) is 16.0. The zero-order chi connectivity index (χ0) is 20.6. The Morgan fingerprint density at radius 1 is 1.24 bits per heavy atom. The summed E-state index contributed by atoms with van der Waals surface area (Å²) in [5.41, 5.74) is 1.99. The first-order valence-corrected chi connectivity index (χ1v) is 9.94. The molecule has 154 valence electrons. The first-order valence-electron chi connectivity index (χ1n) is 8.62. The Balaban J connectivity index is 1.55. The average Bonchev–Trinajstić information content (AvgIpc) is 3.09. The highest BCUT2D eigenvalue weighted by atomic mass is 32.2. The van der Waals surface area contributed by atoms with Crippen LogP contribution in [-0.4, -0.2) is 45.2 Å². The fraction of sp³-hybridized carbons (Fsp3) is 0.333. The average molecular weight is 427 g/mol. The van der Waals surface area contributed by atoms with E-state index in [-0.39, 0.29) is 16.7 Å². The van der Waals surface area contributed by atoms with Crippen LogP contribution >= 0.6 is 0 Å². The molecule has 0 amide bonds. The second-order valence-corrected chi connectivity index (χ2v) is 7.70. The highest BCUT2D eigenvalue weighted by Crippen LogP contribution is 2.34. The molecular weight excluding hydrogens is 411 g/mol. The van der Waals surface area contributed by atoms with E-state index >= 15 is 0 Å². The molecule has 4 rings (SSSR count). The third-order valence-electron chi connectivity index (χ3n) is 4.26. The van der Waals surface area contributed by atoms with Crippen molar-refractivity contribution in [2.75, 3.05) is 19.8 Å². The molecule has 1 N–H and O–H groups in total. The molecule has 29 heavy (non-hydrogen) atoms. The summed E-state index contributed by atoms with van der Waals surface area (Å²) in [5, 5.41) is 0.227. The normalized spacial score (nSPS) is 14.8. The van der Waals surface area contributed by atoms with Crippen LogP contribution in [0.5, 0.6) is 17.2 Å². The fourth-order valence-electron chi connectivity index (χ4n) is 2.84. The summed E-state index contributed by atoms with van der Waals surface area (Å²) in [7, 11) is -1.60. The molecule has 0 aliphatic carbocycles. The number of nitrogens with zero attached hydrogens (tertiary/aromatic N) is 2. The molecule has 0 radical (unpaired) electrons. The molecule has 1 unspecified atom stereocenters. The lowest BCUT2D eigenvalue weighted by Crippen LogP contribution is -2.19. The number of alkyl halides is 3. The predicted molar refractivity (Wildman–Crippen MR) is 97.7 cm³/mol. The van der Waals surface area contributed by atoms with Crippen LogP contribution in [0.1, 0.15) is 11.3 Å². The van der Waals surface area contributed by atoms with Gasteiger partial charge in [-0.05, 0) is 13.0 Å². The van der Waals surface area contributed by atoms with Gasteiger partial charge in [-0.1, -0.05) is 0 Å². The Morgan fingerprint density at radius 3 is 2.69 bits per heavy atom. The molecule has 0 fully saturated rings. The Morgan fingerprint density at radius 2 is 1.97 bits per heavy atom. The maximum atomic E-state index is 12.8. The fourth-order valence-corrected chi connectivity index (χ4v) is 3.94. The summed E-state index contributed by atoms with van der Waals surface area (Å²) in [6.45, 7) is 1.06. The van der Waals surface area contributed by atoms with Crippen LogP contribution in [0.25, 0.3) is 11.0 Å². The van der Waals surface area contributed by atoms with Crippen LogP contribution in [0, 0.1) is 6.92 Å². The van der Waals surface area contributed by atoms with Gasteiger partial charge in [0.2, 0.25) is 0 Å². The summed E-state index contributed by atoms with van der Waals surface area (Å²) in [4.78, 5) is 11.5. The van der Waals surface area contributed by atoms with E-state index in [1.165, 1.54) is 12.3 Å². The molecule has 2 aromatic heterocycles. The van der Waals surface area contributed by atoms with E-state index in [1.807, 2.05) is 0 Å². The van der Waals surface area contributed by atoms with Gasteiger partial charge < -0.3 is 19.2 Å². The number of H-pyrrole nitrogens is 1. The number of pyridine rings is 1. The molecule has 1 aliphatic rings. The molecule has 3 heterocycles. The van der Waals surface area contributed by atoms with Gasteiger partial charge in [0.15, 0.2) is 23.3 Å². The molecule has 0 spiro atoms. The van der Waals surface area contributed by atoms with Gasteiger partial charge in [-0.15, -0.1) is 0 Å². The van der Waals surface area contributed by atoms with E-state index in [9.17, 15) is 17.4 Å². The van der Waals surface area contributed by atoms with E-state index in [4.69, 9.17) is 14.2 Å². The standard InChI is InChI=1S/C18H16F3N3O4S/c1-10-13(22-3-2-14(10)28-9-18(19,20)21)8-29(25)17-23-11-6-15-16(7-12(11)24-17)27-5-4-26-15/h2-3,6-7H,4-5,8-9H2,1H3,(H,23,24). The van der Waals surface area contributed by atoms with Crippen LogP contribution in [-0.2, 0) is 16.6 Å². The van der Waals surface area contributed by atoms with Gasteiger partial charge in [0.1, 0.15) is 19.0 Å². The van der Waals surface area contributed by atoms with E-state index in [1.54, 1.807) is 19.1 Å². The van der Waals surface area contributed by atoms with Crippen LogP contribution in [0.3, 0.4) is 0 Å². The minimum absolute atomic E-state index is 0.0262. The van der Waals surface area contributed by atoms with Gasteiger partial charge in [0.25, 0.3) is 0 Å². The highest BCUT2D eigenvalue weighted by molar-refractivity contribution is 7.84. The van der Waals surface area contributed by atoms with Crippen LogP contribution < -0.4 is 14.2 Å². The van der Waals surface area contributed by atoms with Gasteiger partial charge >= 0.3 is 6.18 Å². The lowest BCUT2D eigenvalue weighted by atomic mass is 10.2. The van der Waals surface area contributed by atoms with Crippen molar-refractivity contribution in [3.63, 3.8) is 0 Å². The number of nitrogens with one attached hydrogen (secondary N) is 1. The minimum atomic E-state index is -4.44. The smallest absolute Gasteiger partial charge is 0.422 e. The summed E-state index contributed by atoms with van der Waals surface area (Å²) >= 11 is 0. The van der Waals surface area contributed by atoms with Crippen molar-refractivity contribution in [3.05, 3.63) is 35.7 Å². The number of hydrogen-bond acceptors (Lipinski definition) is 6. The quantitative estimate of drug-likeness (QED) is 0.673. The molecule has 0 bridgehead atoms.